The summed E-state index contributed by atoms with van der Waals surface area (Å²) in [6, 6.07) is 3.14. The average Bonchev–Trinajstić information content (AvgIpc) is 3.19. The summed E-state index contributed by atoms with van der Waals surface area (Å²) in [7, 11) is -8.25. The predicted molar refractivity (Wildman–Crippen MR) is 98.4 cm³/mol. The van der Waals surface area contributed by atoms with E-state index in [9.17, 15) is 21.6 Å². The Morgan fingerprint density at radius 1 is 1.16 bits per heavy atom. The summed E-state index contributed by atoms with van der Waals surface area (Å²) in [5.41, 5.74) is 0.649. The van der Waals surface area contributed by atoms with E-state index in [2.05, 4.69) is 15.9 Å². The van der Waals surface area contributed by atoms with Gasteiger partial charge in [-0.15, -0.1) is 0 Å². The van der Waals surface area contributed by atoms with Gasteiger partial charge < -0.3 is 4.90 Å². The van der Waals surface area contributed by atoms with E-state index >= 15 is 0 Å². The Labute approximate surface area is 156 Å². The SMILES string of the molecule is C[C@@H](C1CC1)N1Cc2cc(Br)cc(N(S(C)(=O)=O)S(C)(=O)=O)c2C1=O. The van der Waals surface area contributed by atoms with Crippen LogP contribution in [0.1, 0.15) is 35.7 Å². The Balaban J connectivity index is 2.17. The highest BCUT2D eigenvalue weighted by Crippen LogP contribution is 2.42. The molecule has 0 spiro atoms. The highest BCUT2D eigenvalue weighted by Gasteiger charge is 2.42. The smallest absolute Gasteiger partial charge is 0.256 e. The summed E-state index contributed by atoms with van der Waals surface area (Å²) < 4.78 is 49.4. The molecule has 0 unspecified atom stereocenters. The Bertz CT molecular complexity index is 922. The summed E-state index contributed by atoms with van der Waals surface area (Å²) in [6.07, 6.45) is 3.75. The van der Waals surface area contributed by atoms with Crippen LogP contribution in [0, 0.1) is 5.92 Å². The number of carbonyl (C=O) groups excluding carboxylic acids is 1. The first-order valence-electron chi connectivity index (χ1n) is 7.75. The van der Waals surface area contributed by atoms with E-state index in [1.54, 1.807) is 11.0 Å². The van der Waals surface area contributed by atoms with Crippen LogP contribution in [0.5, 0.6) is 0 Å². The van der Waals surface area contributed by atoms with E-state index < -0.39 is 20.0 Å². The van der Waals surface area contributed by atoms with Crippen molar-refractivity contribution in [3.63, 3.8) is 0 Å². The number of fused-ring (bicyclic) bond motifs is 1. The van der Waals surface area contributed by atoms with Gasteiger partial charge in [-0.2, -0.15) is 3.71 Å². The van der Waals surface area contributed by atoms with Gasteiger partial charge in [-0.05, 0) is 43.4 Å². The van der Waals surface area contributed by atoms with Crippen molar-refractivity contribution in [1.29, 1.82) is 0 Å². The minimum atomic E-state index is -4.13. The van der Waals surface area contributed by atoms with Crippen LogP contribution in [0.25, 0.3) is 0 Å². The van der Waals surface area contributed by atoms with Crippen molar-refractivity contribution in [1.82, 2.24) is 4.90 Å². The van der Waals surface area contributed by atoms with Crippen molar-refractivity contribution < 1.29 is 21.6 Å². The molecule has 2 aliphatic rings. The second-order valence-electron chi connectivity index (χ2n) is 6.69. The molecular formula is C15H19BrN2O5S2. The lowest BCUT2D eigenvalue weighted by Crippen LogP contribution is -2.38. The molecule has 1 atom stereocenters. The standard InChI is InChI=1S/C15H19BrN2O5S2/c1-9(10-4-5-10)17-8-11-6-12(16)7-13(14(11)15(17)19)18(24(2,20)21)25(3,22)23/h6-7,9-10H,4-5,8H2,1-3H3/t9-/m0/s1. The molecule has 25 heavy (non-hydrogen) atoms. The number of carbonyl (C=O) groups is 1. The van der Waals surface area contributed by atoms with Gasteiger partial charge in [0.1, 0.15) is 0 Å². The van der Waals surface area contributed by atoms with Crippen LogP contribution in [-0.2, 0) is 26.6 Å². The molecule has 1 fully saturated rings. The largest absolute Gasteiger partial charge is 0.331 e. The Morgan fingerprint density at radius 2 is 1.72 bits per heavy atom. The number of sulfonamides is 2. The molecule has 1 amide bonds. The maximum Gasteiger partial charge on any atom is 0.256 e. The molecular weight excluding hydrogens is 432 g/mol. The van der Waals surface area contributed by atoms with E-state index in [1.807, 2.05) is 6.92 Å². The molecule has 10 heteroatoms. The second-order valence-corrected chi connectivity index (χ2v) is 11.5. The molecule has 1 heterocycles. The van der Waals surface area contributed by atoms with Gasteiger partial charge in [0.05, 0.1) is 23.8 Å². The zero-order chi connectivity index (χ0) is 18.7. The summed E-state index contributed by atoms with van der Waals surface area (Å²) >= 11 is 3.29. The lowest BCUT2D eigenvalue weighted by molar-refractivity contribution is 0.0698. The van der Waals surface area contributed by atoms with Crippen molar-refractivity contribution in [2.24, 2.45) is 5.92 Å². The van der Waals surface area contributed by atoms with E-state index in [0.717, 1.165) is 25.4 Å². The van der Waals surface area contributed by atoms with Gasteiger partial charge in [-0.3, -0.25) is 4.79 Å². The summed E-state index contributed by atoms with van der Waals surface area (Å²) in [4.78, 5) is 14.7. The van der Waals surface area contributed by atoms with Gasteiger partial charge in [0.15, 0.2) is 0 Å². The zero-order valence-electron chi connectivity index (χ0n) is 14.1. The van der Waals surface area contributed by atoms with E-state index in [1.165, 1.54) is 6.07 Å². The first-order chi connectivity index (χ1) is 11.4. The van der Waals surface area contributed by atoms with Gasteiger partial charge in [0, 0.05) is 17.1 Å². The first kappa shape index (κ1) is 18.7. The zero-order valence-corrected chi connectivity index (χ0v) is 17.3. The third-order valence-corrected chi connectivity index (χ3v) is 8.26. The molecule has 0 aromatic heterocycles. The van der Waals surface area contributed by atoms with Crippen molar-refractivity contribution >= 4 is 47.6 Å². The fourth-order valence-electron chi connectivity index (χ4n) is 3.33. The van der Waals surface area contributed by atoms with Crippen molar-refractivity contribution in [3.8, 4) is 0 Å². The number of amides is 1. The van der Waals surface area contributed by atoms with Gasteiger partial charge in [0.25, 0.3) is 5.91 Å². The van der Waals surface area contributed by atoms with Crippen molar-refractivity contribution in [2.45, 2.75) is 32.4 Å². The Morgan fingerprint density at radius 3 is 2.20 bits per heavy atom. The predicted octanol–water partition coefficient (Wildman–Crippen LogP) is 1.93. The molecule has 3 rings (SSSR count). The molecule has 7 nitrogen and oxygen atoms in total. The molecule has 138 valence electrons. The van der Waals surface area contributed by atoms with Gasteiger partial charge in [-0.1, -0.05) is 15.9 Å². The van der Waals surface area contributed by atoms with Crippen LogP contribution >= 0.6 is 15.9 Å². The first-order valence-corrected chi connectivity index (χ1v) is 12.2. The molecule has 0 N–H and O–H groups in total. The topological polar surface area (TPSA) is 91.8 Å². The van der Waals surface area contributed by atoms with Gasteiger partial charge in [0.2, 0.25) is 20.0 Å². The molecule has 1 saturated carbocycles. The third kappa shape index (κ3) is 3.43. The van der Waals surface area contributed by atoms with Crippen LogP contribution in [0.3, 0.4) is 0 Å². The minimum Gasteiger partial charge on any atom is -0.331 e. The van der Waals surface area contributed by atoms with Crippen molar-refractivity contribution in [3.05, 3.63) is 27.7 Å². The summed E-state index contributed by atoms with van der Waals surface area (Å²) in [6.45, 7) is 2.32. The van der Waals surface area contributed by atoms with Crippen LogP contribution in [0.4, 0.5) is 5.69 Å². The molecule has 1 aromatic rings. The minimum absolute atomic E-state index is 0.0384. The monoisotopic (exact) mass is 450 g/mol. The summed E-state index contributed by atoms with van der Waals surface area (Å²) in [5.74, 6) is 0.125. The molecule has 1 aliphatic carbocycles. The quantitative estimate of drug-likeness (QED) is 0.682. The highest BCUT2D eigenvalue weighted by molar-refractivity contribution is 9.10. The number of nitrogens with zero attached hydrogens (tertiary/aromatic N) is 2. The molecule has 0 radical (unpaired) electrons. The van der Waals surface area contributed by atoms with Crippen LogP contribution in [0.2, 0.25) is 0 Å². The van der Waals surface area contributed by atoms with E-state index in [4.69, 9.17) is 0 Å². The van der Waals surface area contributed by atoms with Crippen LogP contribution < -0.4 is 3.71 Å². The summed E-state index contributed by atoms with van der Waals surface area (Å²) in [5, 5.41) is 0. The van der Waals surface area contributed by atoms with Crippen LogP contribution in [0.15, 0.2) is 16.6 Å². The van der Waals surface area contributed by atoms with Gasteiger partial charge >= 0.3 is 0 Å². The van der Waals surface area contributed by atoms with Crippen molar-refractivity contribution in [2.75, 3.05) is 16.2 Å². The normalized spacial score (nSPS) is 19.0. The third-order valence-electron chi connectivity index (χ3n) is 4.57. The maximum absolute atomic E-state index is 13.0. The molecule has 0 saturated heterocycles. The number of hydrogen-bond acceptors (Lipinski definition) is 5. The molecule has 1 aromatic carbocycles. The molecule has 0 bridgehead atoms. The van der Waals surface area contributed by atoms with Gasteiger partial charge in [-0.25, -0.2) is 16.8 Å². The lowest BCUT2D eigenvalue weighted by Gasteiger charge is -2.25. The number of benzene rings is 1. The van der Waals surface area contributed by atoms with E-state index in [-0.39, 0.29) is 23.2 Å². The van der Waals surface area contributed by atoms with E-state index in [0.29, 0.717) is 26.2 Å². The molecule has 1 aliphatic heterocycles. The number of rotatable bonds is 5. The fourth-order valence-corrected chi connectivity index (χ4v) is 6.79. The Hall–Kier alpha value is -1.13. The number of anilines is 1. The number of hydrogen-bond donors (Lipinski definition) is 0. The van der Waals surface area contributed by atoms with Crippen LogP contribution in [-0.4, -0.2) is 46.2 Å². The number of halogens is 1. The Kier molecular flexibility index (Phi) is 4.44. The second kappa shape index (κ2) is 5.95. The maximum atomic E-state index is 13.0. The lowest BCUT2D eigenvalue weighted by atomic mass is 10.1. The average molecular weight is 451 g/mol. The fraction of sp³-hybridized carbons (Fsp3) is 0.533. The highest BCUT2D eigenvalue weighted by atomic mass is 79.9.